The Labute approximate surface area is 200 Å². The second-order valence-electron chi connectivity index (χ2n) is 8.87. The molecule has 178 valence electrons. The van der Waals surface area contributed by atoms with Gasteiger partial charge in [0.1, 0.15) is 6.23 Å². The molecule has 3 N–H and O–H groups in total. The maximum atomic E-state index is 10.4. The zero-order valence-electron chi connectivity index (χ0n) is 19.9. The predicted molar refractivity (Wildman–Crippen MR) is 131 cm³/mol. The Morgan fingerprint density at radius 3 is 2.62 bits per heavy atom. The summed E-state index contributed by atoms with van der Waals surface area (Å²) < 4.78 is 2.04. The van der Waals surface area contributed by atoms with Crippen molar-refractivity contribution in [3.8, 4) is 17.3 Å². The van der Waals surface area contributed by atoms with Crippen LogP contribution in [-0.4, -0.2) is 55.9 Å². The van der Waals surface area contributed by atoms with E-state index in [9.17, 15) is 5.11 Å². The number of benzene rings is 1. The second-order valence-corrected chi connectivity index (χ2v) is 8.87. The Morgan fingerprint density at radius 2 is 1.94 bits per heavy atom. The van der Waals surface area contributed by atoms with Gasteiger partial charge in [-0.15, -0.1) is 0 Å². The average molecular weight is 461 g/mol. The summed E-state index contributed by atoms with van der Waals surface area (Å²) in [5.74, 6) is 0.508. The van der Waals surface area contributed by atoms with Crippen LogP contribution in [0, 0.1) is 18.3 Å². The molecular formula is C25H32N8O. The van der Waals surface area contributed by atoms with Gasteiger partial charge in [0.2, 0.25) is 5.95 Å². The quantitative estimate of drug-likeness (QED) is 0.437. The summed E-state index contributed by atoms with van der Waals surface area (Å²) in [5, 5.41) is 30.2. The van der Waals surface area contributed by atoms with Gasteiger partial charge in [-0.25, -0.2) is 9.97 Å². The Balaban J connectivity index is 1.46. The summed E-state index contributed by atoms with van der Waals surface area (Å²) in [6.45, 7) is 6.04. The van der Waals surface area contributed by atoms with Gasteiger partial charge in [-0.05, 0) is 57.5 Å². The molecule has 2 aromatic heterocycles. The van der Waals surface area contributed by atoms with Crippen molar-refractivity contribution in [3.63, 3.8) is 0 Å². The number of hydrogen-bond donors (Lipinski definition) is 3. The van der Waals surface area contributed by atoms with E-state index in [1.807, 2.05) is 55.2 Å². The average Bonchev–Trinajstić information content (AvgIpc) is 3.32. The SMILES string of the molecule is CC[C@@H](C#N)NC(O)c1ccc(-c2nc(Nc3cnn(C4CCN(C)CC4)c3)ncc2C)cc1. The fraction of sp³-hybridized carbons (Fsp3) is 0.440. The van der Waals surface area contributed by atoms with Crippen molar-refractivity contribution in [2.75, 3.05) is 25.5 Å². The molecule has 1 unspecified atom stereocenters. The molecule has 9 heteroatoms. The van der Waals surface area contributed by atoms with Gasteiger partial charge in [0.25, 0.3) is 0 Å². The molecule has 0 bridgehead atoms. The summed E-state index contributed by atoms with van der Waals surface area (Å²) in [4.78, 5) is 11.5. The fourth-order valence-corrected chi connectivity index (χ4v) is 4.14. The van der Waals surface area contributed by atoms with Crippen molar-refractivity contribution < 1.29 is 5.11 Å². The Hall–Kier alpha value is -3.32. The van der Waals surface area contributed by atoms with Crippen LogP contribution in [-0.2, 0) is 0 Å². The highest BCUT2D eigenvalue weighted by Crippen LogP contribution is 2.26. The maximum Gasteiger partial charge on any atom is 0.227 e. The lowest BCUT2D eigenvalue weighted by Gasteiger charge is -2.28. The molecule has 1 saturated heterocycles. The summed E-state index contributed by atoms with van der Waals surface area (Å²) in [7, 11) is 2.15. The molecule has 0 aliphatic carbocycles. The highest BCUT2D eigenvalue weighted by atomic mass is 16.3. The molecule has 0 saturated carbocycles. The Kier molecular flexibility index (Phi) is 7.53. The van der Waals surface area contributed by atoms with Crippen LogP contribution in [0.25, 0.3) is 11.3 Å². The topological polar surface area (TPSA) is 115 Å². The van der Waals surface area contributed by atoms with Gasteiger partial charge in [-0.2, -0.15) is 10.4 Å². The number of hydrogen-bond acceptors (Lipinski definition) is 8. The van der Waals surface area contributed by atoms with E-state index in [-0.39, 0.29) is 0 Å². The maximum absolute atomic E-state index is 10.4. The van der Waals surface area contributed by atoms with Crippen molar-refractivity contribution in [1.29, 1.82) is 5.26 Å². The third kappa shape index (κ3) is 5.59. The number of rotatable bonds is 8. The number of aliphatic hydroxyl groups is 1. The largest absolute Gasteiger partial charge is 0.374 e. The third-order valence-electron chi connectivity index (χ3n) is 6.31. The molecule has 1 aliphatic heterocycles. The molecule has 1 aromatic carbocycles. The van der Waals surface area contributed by atoms with Gasteiger partial charge in [0, 0.05) is 18.0 Å². The Bertz CT molecular complexity index is 1130. The van der Waals surface area contributed by atoms with Crippen LogP contribution in [0.3, 0.4) is 0 Å². The number of nitriles is 1. The molecular weight excluding hydrogens is 428 g/mol. The van der Waals surface area contributed by atoms with Crippen LogP contribution >= 0.6 is 0 Å². The first-order chi connectivity index (χ1) is 16.5. The smallest absolute Gasteiger partial charge is 0.227 e. The minimum atomic E-state index is -0.900. The molecule has 4 rings (SSSR count). The highest BCUT2D eigenvalue weighted by molar-refractivity contribution is 5.65. The van der Waals surface area contributed by atoms with E-state index in [4.69, 9.17) is 10.2 Å². The summed E-state index contributed by atoms with van der Waals surface area (Å²) in [6.07, 6.45) is 7.55. The van der Waals surface area contributed by atoms with Crippen LogP contribution in [0.1, 0.15) is 49.6 Å². The number of anilines is 2. The van der Waals surface area contributed by atoms with Gasteiger partial charge in [0.05, 0.1) is 35.7 Å². The lowest BCUT2D eigenvalue weighted by atomic mass is 10.0. The van der Waals surface area contributed by atoms with E-state index < -0.39 is 12.3 Å². The normalized spacial score (nSPS) is 16.7. The first-order valence-electron chi connectivity index (χ1n) is 11.7. The molecule has 1 fully saturated rings. The first kappa shape index (κ1) is 23.8. The van der Waals surface area contributed by atoms with E-state index in [0.29, 0.717) is 24.0 Å². The third-order valence-corrected chi connectivity index (χ3v) is 6.31. The van der Waals surface area contributed by atoms with Crippen LogP contribution in [0.15, 0.2) is 42.9 Å². The van der Waals surface area contributed by atoms with Gasteiger partial charge in [0.15, 0.2) is 0 Å². The molecule has 0 spiro atoms. The summed E-state index contributed by atoms with van der Waals surface area (Å²) in [5.41, 5.74) is 4.26. The van der Waals surface area contributed by atoms with Gasteiger partial charge in [-0.3, -0.25) is 10.00 Å². The minimum Gasteiger partial charge on any atom is -0.374 e. The van der Waals surface area contributed by atoms with Gasteiger partial charge >= 0.3 is 0 Å². The first-order valence-corrected chi connectivity index (χ1v) is 11.7. The van der Waals surface area contributed by atoms with Crippen molar-refractivity contribution in [3.05, 3.63) is 54.0 Å². The lowest BCUT2D eigenvalue weighted by Crippen LogP contribution is -2.31. The Morgan fingerprint density at radius 1 is 1.21 bits per heavy atom. The van der Waals surface area contributed by atoms with Crippen molar-refractivity contribution in [1.82, 2.24) is 30.0 Å². The predicted octanol–water partition coefficient (Wildman–Crippen LogP) is 3.54. The molecule has 1 aliphatic rings. The minimum absolute atomic E-state index is 0.392. The van der Waals surface area contributed by atoms with E-state index in [2.05, 4.69) is 38.7 Å². The highest BCUT2D eigenvalue weighted by Gasteiger charge is 2.19. The van der Waals surface area contributed by atoms with Crippen LogP contribution in [0.4, 0.5) is 11.6 Å². The molecule has 9 nitrogen and oxygen atoms in total. The van der Waals surface area contributed by atoms with Crippen molar-refractivity contribution in [2.24, 2.45) is 0 Å². The molecule has 2 atom stereocenters. The number of nitrogens with zero attached hydrogens (tertiary/aromatic N) is 6. The monoisotopic (exact) mass is 460 g/mol. The van der Waals surface area contributed by atoms with Crippen LogP contribution in [0.5, 0.6) is 0 Å². The standard InChI is InChI=1S/C25H32N8O/c1-4-20(13-26)29-24(34)19-7-5-18(6-8-19)23-17(2)14-27-25(31-23)30-21-15-28-33(16-21)22-9-11-32(3)12-10-22/h5-8,14-16,20,22,24,29,34H,4,9-12H2,1-3H3,(H,27,30,31)/t20-,24?/m0/s1. The summed E-state index contributed by atoms with van der Waals surface area (Å²) >= 11 is 0. The number of aliphatic hydroxyl groups excluding tert-OH is 1. The number of aryl methyl sites for hydroxylation is 1. The fourth-order valence-electron chi connectivity index (χ4n) is 4.14. The van der Waals surface area contributed by atoms with Crippen LogP contribution < -0.4 is 10.6 Å². The van der Waals surface area contributed by atoms with Gasteiger partial charge < -0.3 is 15.3 Å². The molecule has 34 heavy (non-hydrogen) atoms. The number of aromatic nitrogens is 4. The molecule has 0 radical (unpaired) electrons. The summed E-state index contributed by atoms with van der Waals surface area (Å²) in [6, 6.07) is 9.70. The lowest BCUT2D eigenvalue weighted by molar-refractivity contribution is 0.130. The van der Waals surface area contributed by atoms with Crippen LogP contribution in [0.2, 0.25) is 0 Å². The zero-order valence-corrected chi connectivity index (χ0v) is 19.9. The number of piperidine rings is 1. The number of nitrogens with one attached hydrogen (secondary N) is 2. The van der Waals surface area contributed by atoms with E-state index >= 15 is 0 Å². The zero-order chi connectivity index (χ0) is 24.1. The second kappa shape index (κ2) is 10.7. The molecule has 0 amide bonds. The van der Waals surface area contributed by atoms with E-state index in [1.54, 1.807) is 6.20 Å². The van der Waals surface area contributed by atoms with Crippen molar-refractivity contribution in [2.45, 2.75) is 51.4 Å². The van der Waals surface area contributed by atoms with E-state index in [1.165, 1.54) is 0 Å². The van der Waals surface area contributed by atoms with Crippen molar-refractivity contribution >= 4 is 11.6 Å². The molecule has 3 heterocycles. The molecule has 3 aromatic rings. The number of likely N-dealkylation sites (tertiary alicyclic amines) is 1. The van der Waals surface area contributed by atoms with Gasteiger partial charge in [-0.1, -0.05) is 31.2 Å². The van der Waals surface area contributed by atoms with E-state index in [0.717, 1.165) is 48.4 Å².